The van der Waals surface area contributed by atoms with Crippen molar-refractivity contribution in [3.63, 3.8) is 0 Å². The van der Waals surface area contributed by atoms with Crippen LogP contribution < -0.4 is 0 Å². The molecule has 0 aliphatic heterocycles. The highest BCUT2D eigenvalue weighted by atomic mass is 19.3. The average Bonchev–Trinajstić information content (AvgIpc) is 1.82. The fourth-order valence-corrected chi connectivity index (χ4v) is 0.286. The smallest absolute Gasteiger partial charge is 0.301 e. The van der Waals surface area contributed by atoms with Crippen LogP contribution in [0.5, 0.6) is 0 Å². The SMILES string of the molecule is C.COCCC(F)=C(F)F. The summed E-state index contributed by atoms with van der Waals surface area (Å²) in [6.45, 7) is -0.0107. The van der Waals surface area contributed by atoms with Crippen LogP contribution in [0.1, 0.15) is 13.8 Å². The van der Waals surface area contributed by atoms with E-state index in [1.807, 2.05) is 0 Å². The summed E-state index contributed by atoms with van der Waals surface area (Å²) in [6, 6.07) is 0. The van der Waals surface area contributed by atoms with E-state index in [9.17, 15) is 13.2 Å². The Bertz CT molecular complexity index is 108. The molecule has 1 nitrogen and oxygen atoms in total. The van der Waals surface area contributed by atoms with E-state index in [4.69, 9.17) is 0 Å². The summed E-state index contributed by atoms with van der Waals surface area (Å²) in [5.74, 6) is -1.39. The number of hydrogen-bond donors (Lipinski definition) is 0. The number of halogens is 3. The maximum atomic E-state index is 11.8. The highest BCUT2D eigenvalue weighted by molar-refractivity contribution is 4.90. The van der Waals surface area contributed by atoms with Crippen molar-refractivity contribution in [2.24, 2.45) is 0 Å². The molecule has 0 spiro atoms. The predicted octanol–water partition coefficient (Wildman–Crippen LogP) is 2.74. The summed E-state index contributed by atoms with van der Waals surface area (Å²) in [5, 5.41) is 0. The molecule has 0 heterocycles. The summed E-state index contributed by atoms with van der Waals surface area (Å²) >= 11 is 0. The van der Waals surface area contributed by atoms with Crippen molar-refractivity contribution in [1.82, 2.24) is 0 Å². The molecule has 0 unspecified atom stereocenters. The van der Waals surface area contributed by atoms with E-state index in [0.29, 0.717) is 0 Å². The molecule has 0 aliphatic rings. The Hall–Kier alpha value is -0.510. The van der Waals surface area contributed by atoms with E-state index >= 15 is 0 Å². The van der Waals surface area contributed by atoms with Gasteiger partial charge >= 0.3 is 6.08 Å². The highest BCUT2D eigenvalue weighted by Crippen LogP contribution is 2.12. The van der Waals surface area contributed by atoms with Gasteiger partial charge in [0.25, 0.3) is 0 Å². The lowest BCUT2D eigenvalue weighted by atomic mass is 10.4. The van der Waals surface area contributed by atoms with Crippen LogP contribution in [0, 0.1) is 0 Å². The van der Waals surface area contributed by atoms with Crippen LogP contribution in [-0.2, 0) is 4.74 Å². The van der Waals surface area contributed by atoms with Crippen molar-refractivity contribution in [3.8, 4) is 0 Å². The summed E-state index contributed by atoms with van der Waals surface area (Å²) in [4.78, 5) is 0. The van der Waals surface area contributed by atoms with E-state index in [2.05, 4.69) is 4.74 Å². The zero-order valence-corrected chi connectivity index (χ0v) is 4.96. The quantitative estimate of drug-likeness (QED) is 0.610. The standard InChI is InChI=1S/C5H7F3O.CH4/c1-9-3-2-4(6)5(7)8;/h2-3H2,1H3;1H4. The molecule has 0 saturated carbocycles. The predicted molar refractivity (Wildman–Crippen MR) is 33.6 cm³/mol. The first-order valence-corrected chi connectivity index (χ1v) is 2.37. The lowest BCUT2D eigenvalue weighted by Gasteiger charge is -1.92. The fraction of sp³-hybridized carbons (Fsp3) is 0.667. The lowest BCUT2D eigenvalue weighted by molar-refractivity contribution is 0.193. The third-order valence-electron chi connectivity index (χ3n) is 0.731. The lowest BCUT2D eigenvalue weighted by Crippen LogP contribution is -1.88. The number of rotatable bonds is 3. The van der Waals surface area contributed by atoms with Crippen LogP contribution in [0.4, 0.5) is 13.2 Å². The Morgan fingerprint density at radius 2 is 1.80 bits per heavy atom. The molecule has 0 saturated heterocycles. The van der Waals surface area contributed by atoms with Crippen molar-refractivity contribution in [2.75, 3.05) is 13.7 Å². The van der Waals surface area contributed by atoms with E-state index in [1.165, 1.54) is 7.11 Å². The minimum absolute atomic E-state index is 0. The van der Waals surface area contributed by atoms with Gasteiger partial charge in [-0.2, -0.15) is 8.78 Å². The van der Waals surface area contributed by atoms with E-state index in [-0.39, 0.29) is 20.5 Å². The minimum Gasteiger partial charge on any atom is -0.384 e. The molecule has 0 aromatic carbocycles. The van der Waals surface area contributed by atoms with Gasteiger partial charge in [-0.15, -0.1) is 0 Å². The molecule has 0 fully saturated rings. The Kier molecular flexibility index (Phi) is 8.06. The van der Waals surface area contributed by atoms with Gasteiger partial charge in [0, 0.05) is 13.5 Å². The van der Waals surface area contributed by atoms with Gasteiger partial charge < -0.3 is 4.74 Å². The van der Waals surface area contributed by atoms with Gasteiger partial charge in [-0.3, -0.25) is 0 Å². The molecule has 0 rings (SSSR count). The number of ether oxygens (including phenoxy) is 1. The third-order valence-corrected chi connectivity index (χ3v) is 0.731. The second kappa shape index (κ2) is 6.61. The summed E-state index contributed by atoms with van der Waals surface area (Å²) in [5.41, 5.74) is 0. The Morgan fingerprint density at radius 1 is 1.30 bits per heavy atom. The maximum absolute atomic E-state index is 11.8. The summed E-state index contributed by atoms with van der Waals surface area (Å²) in [7, 11) is 1.32. The van der Waals surface area contributed by atoms with Gasteiger partial charge in [-0.05, 0) is 0 Å². The van der Waals surface area contributed by atoms with Crippen LogP contribution >= 0.6 is 0 Å². The van der Waals surface area contributed by atoms with Crippen LogP contribution in [-0.4, -0.2) is 13.7 Å². The van der Waals surface area contributed by atoms with Crippen molar-refractivity contribution in [2.45, 2.75) is 13.8 Å². The zero-order chi connectivity index (χ0) is 7.28. The molecule has 0 radical (unpaired) electrons. The molecule has 0 bridgehead atoms. The van der Waals surface area contributed by atoms with Crippen LogP contribution in [0.25, 0.3) is 0 Å². The zero-order valence-electron chi connectivity index (χ0n) is 4.96. The monoisotopic (exact) mass is 156 g/mol. The Balaban J connectivity index is 0. The maximum Gasteiger partial charge on any atom is 0.301 e. The van der Waals surface area contributed by atoms with Gasteiger partial charge in [0.05, 0.1) is 6.61 Å². The van der Waals surface area contributed by atoms with Gasteiger partial charge in [0.1, 0.15) is 0 Å². The van der Waals surface area contributed by atoms with E-state index in [1.54, 1.807) is 0 Å². The Morgan fingerprint density at radius 3 is 2.10 bits per heavy atom. The molecule has 0 aromatic heterocycles. The molecule has 0 aromatic rings. The molecule has 0 N–H and O–H groups in total. The molecule has 62 valence electrons. The van der Waals surface area contributed by atoms with E-state index in [0.717, 1.165) is 0 Å². The number of hydrogen-bond acceptors (Lipinski definition) is 1. The van der Waals surface area contributed by atoms with Crippen LogP contribution in [0.2, 0.25) is 0 Å². The van der Waals surface area contributed by atoms with Crippen molar-refractivity contribution >= 4 is 0 Å². The average molecular weight is 156 g/mol. The first kappa shape index (κ1) is 12.2. The molecular formula is C6H11F3O. The highest BCUT2D eigenvalue weighted by Gasteiger charge is 2.02. The largest absolute Gasteiger partial charge is 0.384 e. The van der Waals surface area contributed by atoms with Crippen LogP contribution in [0.15, 0.2) is 11.9 Å². The Labute approximate surface area is 58.5 Å². The van der Waals surface area contributed by atoms with Gasteiger partial charge in [0.15, 0.2) is 5.83 Å². The number of methoxy groups -OCH3 is 1. The topological polar surface area (TPSA) is 9.23 Å². The normalized spacial score (nSPS) is 8.40. The summed E-state index contributed by atoms with van der Waals surface area (Å²) in [6.07, 6.45) is -2.61. The van der Waals surface area contributed by atoms with Crippen molar-refractivity contribution < 1.29 is 17.9 Å². The van der Waals surface area contributed by atoms with E-state index < -0.39 is 11.9 Å². The van der Waals surface area contributed by atoms with Gasteiger partial charge in [0.2, 0.25) is 0 Å². The van der Waals surface area contributed by atoms with Crippen molar-refractivity contribution in [3.05, 3.63) is 11.9 Å². The van der Waals surface area contributed by atoms with Crippen LogP contribution in [0.3, 0.4) is 0 Å². The fourth-order valence-electron chi connectivity index (χ4n) is 0.286. The summed E-state index contributed by atoms with van der Waals surface area (Å²) < 4.78 is 38.5. The van der Waals surface area contributed by atoms with Gasteiger partial charge in [-0.1, -0.05) is 7.43 Å². The molecule has 0 atom stereocenters. The molecule has 0 amide bonds. The first-order chi connectivity index (χ1) is 4.18. The second-order valence-corrected chi connectivity index (χ2v) is 1.41. The second-order valence-electron chi connectivity index (χ2n) is 1.41. The third kappa shape index (κ3) is 5.62. The van der Waals surface area contributed by atoms with Gasteiger partial charge in [-0.25, -0.2) is 4.39 Å². The molecular weight excluding hydrogens is 145 g/mol. The molecule has 10 heavy (non-hydrogen) atoms. The minimum atomic E-state index is -2.26. The molecule has 0 aliphatic carbocycles. The molecule has 4 heteroatoms. The first-order valence-electron chi connectivity index (χ1n) is 2.37. The van der Waals surface area contributed by atoms with Crippen molar-refractivity contribution in [1.29, 1.82) is 0 Å².